The first-order chi connectivity index (χ1) is 10.7. The van der Waals surface area contributed by atoms with E-state index in [1.807, 2.05) is 0 Å². The Morgan fingerprint density at radius 1 is 1.22 bits per heavy atom. The lowest BCUT2D eigenvalue weighted by Crippen LogP contribution is -2.52. The van der Waals surface area contributed by atoms with Gasteiger partial charge < -0.3 is 5.32 Å². The van der Waals surface area contributed by atoms with Gasteiger partial charge in [-0.2, -0.15) is 17.5 Å². The monoisotopic (exact) mass is 350 g/mol. The minimum Gasteiger partial charge on any atom is -0.346 e. The smallest absolute Gasteiger partial charge is 0.346 e. The van der Waals surface area contributed by atoms with Crippen LogP contribution in [0.2, 0.25) is 0 Å². The summed E-state index contributed by atoms with van der Waals surface area (Å²) in [7, 11) is -3.92. The average Bonchev–Trinajstić information content (AvgIpc) is 2.53. The zero-order valence-corrected chi connectivity index (χ0v) is 13.0. The summed E-state index contributed by atoms with van der Waals surface area (Å²) in [5.74, 6) is -0.915. The minimum absolute atomic E-state index is 0.0236. The summed E-state index contributed by atoms with van der Waals surface area (Å²) >= 11 is 0. The van der Waals surface area contributed by atoms with Gasteiger partial charge in [0.25, 0.3) is 0 Å². The van der Waals surface area contributed by atoms with Crippen LogP contribution in [0.15, 0.2) is 35.2 Å². The normalized spacial score (nSPS) is 20.2. The molecular weight excluding hydrogens is 333 g/mol. The van der Waals surface area contributed by atoms with E-state index in [-0.39, 0.29) is 17.9 Å². The lowest BCUT2D eigenvalue weighted by Gasteiger charge is -2.33. The number of benzene rings is 1. The minimum atomic E-state index is -4.53. The topological polar surface area (TPSA) is 66.5 Å². The zero-order chi connectivity index (χ0) is 17.1. The largest absolute Gasteiger partial charge is 0.405 e. The van der Waals surface area contributed by atoms with Crippen LogP contribution in [0.25, 0.3) is 0 Å². The molecule has 1 aromatic carbocycles. The first-order valence-electron chi connectivity index (χ1n) is 7.13. The van der Waals surface area contributed by atoms with Crippen molar-refractivity contribution in [3.63, 3.8) is 0 Å². The van der Waals surface area contributed by atoms with Crippen LogP contribution in [-0.4, -0.2) is 43.9 Å². The molecule has 0 aliphatic carbocycles. The summed E-state index contributed by atoms with van der Waals surface area (Å²) in [6.45, 7) is -1.36. The highest BCUT2D eigenvalue weighted by atomic mass is 32.2. The highest BCUT2D eigenvalue weighted by Gasteiger charge is 2.38. The van der Waals surface area contributed by atoms with Crippen molar-refractivity contribution in [3.8, 4) is 0 Å². The van der Waals surface area contributed by atoms with E-state index in [2.05, 4.69) is 0 Å². The fourth-order valence-corrected chi connectivity index (χ4v) is 4.17. The molecule has 1 saturated heterocycles. The Balaban J connectivity index is 2.20. The Labute approximate surface area is 132 Å². The lowest BCUT2D eigenvalue weighted by molar-refractivity contribution is -0.141. The maximum Gasteiger partial charge on any atom is 0.405 e. The number of carbonyl (C=O) groups excluding carboxylic acids is 1. The predicted molar refractivity (Wildman–Crippen MR) is 77.0 cm³/mol. The van der Waals surface area contributed by atoms with E-state index in [0.717, 1.165) is 4.31 Å². The van der Waals surface area contributed by atoms with Gasteiger partial charge in [-0.3, -0.25) is 4.79 Å². The molecule has 1 aromatic rings. The van der Waals surface area contributed by atoms with E-state index in [1.165, 1.54) is 12.1 Å². The van der Waals surface area contributed by atoms with E-state index >= 15 is 0 Å². The number of sulfonamides is 1. The third-order valence-corrected chi connectivity index (χ3v) is 5.49. The number of nitrogens with zero attached hydrogens (tertiary/aromatic N) is 1. The molecule has 2 rings (SSSR count). The molecule has 0 aromatic heterocycles. The number of carbonyl (C=O) groups is 1. The van der Waals surface area contributed by atoms with Crippen LogP contribution in [0, 0.1) is 0 Å². The summed E-state index contributed by atoms with van der Waals surface area (Å²) in [4.78, 5) is 12.0. The van der Waals surface area contributed by atoms with E-state index in [4.69, 9.17) is 0 Å². The maximum atomic E-state index is 12.6. The van der Waals surface area contributed by atoms with Crippen LogP contribution < -0.4 is 5.32 Å². The number of nitrogens with one attached hydrogen (secondary N) is 1. The Kier molecular flexibility index (Phi) is 5.30. The van der Waals surface area contributed by atoms with Gasteiger partial charge in [0.1, 0.15) is 12.6 Å². The standard InChI is InChI=1S/C14H17F3N2O3S/c15-14(16,17)10-18-13(20)12-8-4-5-9-19(12)23(21,22)11-6-2-1-3-7-11/h1-3,6-7,12H,4-5,8-10H2,(H,18,20). The van der Waals surface area contributed by atoms with Crippen molar-refractivity contribution in [2.75, 3.05) is 13.1 Å². The van der Waals surface area contributed by atoms with E-state index in [0.29, 0.717) is 12.8 Å². The van der Waals surface area contributed by atoms with Crippen LogP contribution in [0.5, 0.6) is 0 Å². The van der Waals surface area contributed by atoms with Gasteiger partial charge in [0.2, 0.25) is 15.9 Å². The third-order valence-electron chi connectivity index (χ3n) is 3.57. The SMILES string of the molecule is O=C(NCC(F)(F)F)C1CCCCN1S(=O)(=O)c1ccccc1. The molecule has 0 bridgehead atoms. The van der Waals surface area contributed by atoms with Crippen molar-refractivity contribution in [2.24, 2.45) is 0 Å². The van der Waals surface area contributed by atoms with Crippen molar-refractivity contribution >= 4 is 15.9 Å². The Morgan fingerprint density at radius 3 is 2.48 bits per heavy atom. The first kappa shape index (κ1) is 17.7. The van der Waals surface area contributed by atoms with E-state index in [9.17, 15) is 26.4 Å². The highest BCUT2D eigenvalue weighted by molar-refractivity contribution is 7.89. The highest BCUT2D eigenvalue weighted by Crippen LogP contribution is 2.25. The molecule has 1 unspecified atom stereocenters. The number of rotatable bonds is 4. The lowest BCUT2D eigenvalue weighted by atomic mass is 10.0. The van der Waals surface area contributed by atoms with Crippen LogP contribution in [0.3, 0.4) is 0 Å². The second-order valence-electron chi connectivity index (χ2n) is 5.27. The summed E-state index contributed by atoms with van der Waals surface area (Å²) in [5.41, 5.74) is 0. The summed E-state index contributed by atoms with van der Waals surface area (Å²) in [5, 5.41) is 1.78. The molecule has 1 fully saturated rings. The average molecular weight is 350 g/mol. The molecule has 1 N–H and O–H groups in total. The summed E-state index contributed by atoms with van der Waals surface area (Å²) in [6, 6.07) is 6.44. The van der Waals surface area contributed by atoms with Crippen LogP contribution in [0.4, 0.5) is 13.2 Å². The van der Waals surface area contributed by atoms with Gasteiger partial charge in [0, 0.05) is 6.54 Å². The van der Waals surface area contributed by atoms with Gasteiger partial charge >= 0.3 is 6.18 Å². The van der Waals surface area contributed by atoms with Crippen molar-refractivity contribution in [3.05, 3.63) is 30.3 Å². The summed E-state index contributed by atoms with van der Waals surface area (Å²) in [6.07, 6.45) is -3.18. The number of halogens is 3. The summed E-state index contributed by atoms with van der Waals surface area (Å²) < 4.78 is 62.9. The van der Waals surface area contributed by atoms with E-state index in [1.54, 1.807) is 23.5 Å². The first-order valence-corrected chi connectivity index (χ1v) is 8.57. The Bertz CT molecular complexity index is 647. The number of hydrogen-bond donors (Lipinski definition) is 1. The fourth-order valence-electron chi connectivity index (χ4n) is 2.49. The predicted octanol–water partition coefficient (Wildman–Crippen LogP) is 1.91. The molecule has 9 heteroatoms. The number of alkyl halides is 3. The van der Waals surface area contributed by atoms with Crippen LogP contribution in [0.1, 0.15) is 19.3 Å². The van der Waals surface area contributed by atoms with Crippen molar-refractivity contribution in [1.82, 2.24) is 9.62 Å². The second-order valence-corrected chi connectivity index (χ2v) is 7.16. The van der Waals surface area contributed by atoms with Crippen molar-refractivity contribution in [2.45, 2.75) is 36.4 Å². The second kappa shape index (κ2) is 6.88. The number of amides is 1. The molecule has 0 saturated carbocycles. The Morgan fingerprint density at radius 2 is 1.87 bits per heavy atom. The number of hydrogen-bond acceptors (Lipinski definition) is 3. The van der Waals surface area contributed by atoms with Gasteiger partial charge in [-0.1, -0.05) is 24.6 Å². The van der Waals surface area contributed by atoms with Crippen LogP contribution >= 0.6 is 0 Å². The Hall–Kier alpha value is -1.61. The molecule has 1 amide bonds. The molecule has 0 radical (unpaired) electrons. The van der Waals surface area contributed by atoms with Gasteiger partial charge in [-0.25, -0.2) is 8.42 Å². The van der Waals surface area contributed by atoms with Crippen molar-refractivity contribution in [1.29, 1.82) is 0 Å². The molecule has 128 valence electrons. The van der Waals surface area contributed by atoms with E-state index < -0.39 is 34.7 Å². The fraction of sp³-hybridized carbons (Fsp3) is 0.500. The number of piperidine rings is 1. The molecule has 1 atom stereocenters. The zero-order valence-electron chi connectivity index (χ0n) is 12.2. The molecule has 0 spiro atoms. The molecule has 1 heterocycles. The molecule has 5 nitrogen and oxygen atoms in total. The third kappa shape index (κ3) is 4.44. The van der Waals surface area contributed by atoms with Gasteiger partial charge in [-0.05, 0) is 25.0 Å². The van der Waals surface area contributed by atoms with Gasteiger partial charge in [-0.15, -0.1) is 0 Å². The van der Waals surface area contributed by atoms with Crippen molar-refractivity contribution < 1.29 is 26.4 Å². The molecule has 1 aliphatic rings. The molecule has 1 aliphatic heterocycles. The van der Waals surface area contributed by atoms with Crippen LogP contribution in [-0.2, 0) is 14.8 Å². The molecular formula is C14H17F3N2O3S. The van der Waals surface area contributed by atoms with Gasteiger partial charge in [0.05, 0.1) is 4.90 Å². The van der Waals surface area contributed by atoms with Gasteiger partial charge in [0.15, 0.2) is 0 Å². The molecule has 23 heavy (non-hydrogen) atoms. The quantitative estimate of drug-likeness (QED) is 0.902. The maximum absolute atomic E-state index is 12.6.